The SMILES string of the molecule is Cc1ccccc1CNCc1ccc(OC(F)F)cc1. The zero-order chi connectivity index (χ0) is 14.4. The van der Waals surface area contributed by atoms with E-state index in [1.54, 1.807) is 24.3 Å². The maximum atomic E-state index is 12.0. The molecular weight excluding hydrogens is 260 g/mol. The molecule has 0 atom stereocenters. The van der Waals surface area contributed by atoms with Crippen molar-refractivity contribution in [2.45, 2.75) is 26.6 Å². The molecule has 0 aromatic heterocycles. The van der Waals surface area contributed by atoms with Crippen LogP contribution in [0.1, 0.15) is 16.7 Å². The third kappa shape index (κ3) is 4.31. The summed E-state index contributed by atoms with van der Waals surface area (Å²) in [5.41, 5.74) is 3.53. The molecule has 0 aliphatic carbocycles. The monoisotopic (exact) mass is 277 g/mol. The smallest absolute Gasteiger partial charge is 0.387 e. The van der Waals surface area contributed by atoms with Gasteiger partial charge in [-0.3, -0.25) is 0 Å². The van der Waals surface area contributed by atoms with Crippen LogP contribution in [0.3, 0.4) is 0 Å². The first kappa shape index (κ1) is 14.5. The number of nitrogens with one attached hydrogen (secondary N) is 1. The van der Waals surface area contributed by atoms with Gasteiger partial charge in [0.15, 0.2) is 0 Å². The Morgan fingerprint density at radius 3 is 2.35 bits per heavy atom. The van der Waals surface area contributed by atoms with Crippen molar-refractivity contribution >= 4 is 0 Å². The summed E-state index contributed by atoms with van der Waals surface area (Å²) < 4.78 is 28.3. The fraction of sp³-hybridized carbons (Fsp3) is 0.250. The minimum atomic E-state index is -2.78. The van der Waals surface area contributed by atoms with Crippen molar-refractivity contribution in [3.05, 3.63) is 65.2 Å². The van der Waals surface area contributed by atoms with Gasteiger partial charge in [0, 0.05) is 13.1 Å². The predicted molar refractivity (Wildman–Crippen MR) is 74.8 cm³/mol. The summed E-state index contributed by atoms with van der Waals surface area (Å²) in [5.74, 6) is 0.183. The van der Waals surface area contributed by atoms with Gasteiger partial charge in [0.25, 0.3) is 0 Å². The average Bonchev–Trinajstić information content (AvgIpc) is 2.42. The molecule has 2 aromatic carbocycles. The number of rotatable bonds is 6. The number of halogens is 2. The van der Waals surface area contributed by atoms with Gasteiger partial charge in [0.2, 0.25) is 0 Å². The summed E-state index contributed by atoms with van der Waals surface area (Å²) >= 11 is 0. The van der Waals surface area contributed by atoms with Crippen LogP contribution in [-0.2, 0) is 13.1 Å². The standard InChI is InChI=1S/C16H17F2NO/c1-12-4-2-3-5-14(12)11-19-10-13-6-8-15(9-7-13)20-16(17)18/h2-9,16,19H,10-11H2,1H3. The van der Waals surface area contributed by atoms with Crippen LogP contribution in [0, 0.1) is 6.92 Å². The Labute approximate surface area is 117 Å². The summed E-state index contributed by atoms with van der Waals surface area (Å²) in [6.07, 6.45) is 0. The highest BCUT2D eigenvalue weighted by Crippen LogP contribution is 2.15. The van der Waals surface area contributed by atoms with Crippen molar-refractivity contribution in [1.29, 1.82) is 0 Å². The number of hydrogen-bond acceptors (Lipinski definition) is 2. The predicted octanol–water partition coefficient (Wildman–Crippen LogP) is 3.89. The normalized spacial score (nSPS) is 10.8. The van der Waals surface area contributed by atoms with Crippen LogP contribution in [0.15, 0.2) is 48.5 Å². The van der Waals surface area contributed by atoms with Gasteiger partial charge in [-0.2, -0.15) is 8.78 Å². The third-order valence-corrected chi connectivity index (χ3v) is 3.05. The van der Waals surface area contributed by atoms with E-state index < -0.39 is 6.61 Å². The highest BCUT2D eigenvalue weighted by atomic mass is 19.3. The number of ether oxygens (including phenoxy) is 1. The lowest BCUT2D eigenvalue weighted by Gasteiger charge is -2.09. The number of aryl methyl sites for hydroxylation is 1. The first-order chi connectivity index (χ1) is 9.65. The molecule has 0 radical (unpaired) electrons. The molecule has 2 nitrogen and oxygen atoms in total. The Morgan fingerprint density at radius 2 is 1.70 bits per heavy atom. The fourth-order valence-corrected chi connectivity index (χ4v) is 1.94. The van der Waals surface area contributed by atoms with Crippen molar-refractivity contribution in [3.63, 3.8) is 0 Å². The molecule has 4 heteroatoms. The van der Waals surface area contributed by atoms with E-state index in [9.17, 15) is 8.78 Å². The van der Waals surface area contributed by atoms with Crippen LogP contribution in [0.4, 0.5) is 8.78 Å². The first-order valence-corrected chi connectivity index (χ1v) is 6.44. The van der Waals surface area contributed by atoms with Crippen molar-refractivity contribution in [3.8, 4) is 5.75 Å². The van der Waals surface area contributed by atoms with Crippen LogP contribution in [0.25, 0.3) is 0 Å². The first-order valence-electron chi connectivity index (χ1n) is 6.44. The summed E-state index contributed by atoms with van der Waals surface area (Å²) in [6.45, 7) is 0.763. The third-order valence-electron chi connectivity index (χ3n) is 3.05. The molecule has 0 bridgehead atoms. The maximum absolute atomic E-state index is 12.0. The minimum absolute atomic E-state index is 0.183. The molecule has 0 amide bonds. The summed E-state index contributed by atoms with van der Waals surface area (Å²) in [5, 5.41) is 3.33. The van der Waals surface area contributed by atoms with Gasteiger partial charge in [-0.05, 0) is 35.7 Å². The Hall–Kier alpha value is -1.94. The molecule has 1 N–H and O–H groups in total. The molecule has 0 saturated heterocycles. The second-order valence-electron chi connectivity index (χ2n) is 4.55. The summed E-state index contributed by atoms with van der Waals surface area (Å²) in [6, 6.07) is 14.9. The van der Waals surface area contributed by atoms with Gasteiger partial charge < -0.3 is 10.1 Å². The van der Waals surface area contributed by atoms with E-state index in [1.807, 2.05) is 12.1 Å². The highest BCUT2D eigenvalue weighted by Gasteiger charge is 2.03. The Morgan fingerprint density at radius 1 is 1.00 bits per heavy atom. The Kier molecular flexibility index (Phi) is 5.07. The van der Waals surface area contributed by atoms with Crippen molar-refractivity contribution < 1.29 is 13.5 Å². The zero-order valence-electron chi connectivity index (χ0n) is 11.3. The van der Waals surface area contributed by atoms with Gasteiger partial charge in [-0.15, -0.1) is 0 Å². The number of benzene rings is 2. The summed E-state index contributed by atoms with van der Waals surface area (Å²) in [7, 11) is 0. The lowest BCUT2D eigenvalue weighted by atomic mass is 10.1. The van der Waals surface area contributed by atoms with E-state index in [-0.39, 0.29) is 5.75 Å². The van der Waals surface area contributed by atoms with E-state index >= 15 is 0 Å². The molecule has 106 valence electrons. The van der Waals surface area contributed by atoms with Crippen LogP contribution in [-0.4, -0.2) is 6.61 Å². The van der Waals surface area contributed by atoms with E-state index in [4.69, 9.17) is 0 Å². The van der Waals surface area contributed by atoms with Crippen molar-refractivity contribution in [2.24, 2.45) is 0 Å². The lowest BCUT2D eigenvalue weighted by Crippen LogP contribution is -2.13. The molecular formula is C16H17F2NO. The van der Waals surface area contributed by atoms with Crippen LogP contribution in [0.2, 0.25) is 0 Å². The molecule has 0 saturated carbocycles. The van der Waals surface area contributed by atoms with Crippen LogP contribution >= 0.6 is 0 Å². The lowest BCUT2D eigenvalue weighted by molar-refractivity contribution is -0.0498. The second kappa shape index (κ2) is 7.01. The Bertz CT molecular complexity index is 540. The van der Waals surface area contributed by atoms with Crippen molar-refractivity contribution in [2.75, 3.05) is 0 Å². The van der Waals surface area contributed by atoms with Gasteiger partial charge >= 0.3 is 6.61 Å². The molecule has 2 aromatic rings. The molecule has 0 aliphatic rings. The van der Waals surface area contributed by atoms with Crippen LogP contribution < -0.4 is 10.1 Å². The van der Waals surface area contributed by atoms with E-state index in [1.165, 1.54) is 11.1 Å². The topological polar surface area (TPSA) is 21.3 Å². The maximum Gasteiger partial charge on any atom is 0.387 e. The van der Waals surface area contributed by atoms with Crippen molar-refractivity contribution in [1.82, 2.24) is 5.32 Å². The van der Waals surface area contributed by atoms with Gasteiger partial charge in [0.05, 0.1) is 0 Å². The van der Waals surface area contributed by atoms with Gasteiger partial charge in [0.1, 0.15) is 5.75 Å². The Balaban J connectivity index is 1.84. The van der Waals surface area contributed by atoms with E-state index in [0.29, 0.717) is 6.54 Å². The van der Waals surface area contributed by atoms with E-state index in [0.717, 1.165) is 12.1 Å². The quantitative estimate of drug-likeness (QED) is 0.865. The highest BCUT2D eigenvalue weighted by molar-refractivity contribution is 5.28. The minimum Gasteiger partial charge on any atom is -0.435 e. The largest absolute Gasteiger partial charge is 0.435 e. The molecule has 0 fully saturated rings. The number of hydrogen-bond donors (Lipinski definition) is 1. The molecule has 20 heavy (non-hydrogen) atoms. The van der Waals surface area contributed by atoms with E-state index in [2.05, 4.69) is 29.1 Å². The molecule has 2 rings (SSSR count). The molecule has 0 aliphatic heterocycles. The van der Waals surface area contributed by atoms with Gasteiger partial charge in [-0.1, -0.05) is 36.4 Å². The molecule has 0 heterocycles. The zero-order valence-corrected chi connectivity index (χ0v) is 11.3. The van der Waals surface area contributed by atoms with Crippen LogP contribution in [0.5, 0.6) is 5.75 Å². The fourth-order valence-electron chi connectivity index (χ4n) is 1.94. The summed E-state index contributed by atoms with van der Waals surface area (Å²) in [4.78, 5) is 0. The second-order valence-corrected chi connectivity index (χ2v) is 4.55. The average molecular weight is 277 g/mol. The molecule has 0 unspecified atom stereocenters. The van der Waals surface area contributed by atoms with Gasteiger partial charge in [-0.25, -0.2) is 0 Å². The molecule has 0 spiro atoms. The number of alkyl halides is 2.